The zero-order chi connectivity index (χ0) is 21.4. The van der Waals surface area contributed by atoms with Gasteiger partial charge in [0.2, 0.25) is 0 Å². The van der Waals surface area contributed by atoms with E-state index in [0.29, 0.717) is 30.1 Å². The maximum Gasteiger partial charge on any atom is 0.263 e. The smallest absolute Gasteiger partial charge is 0.263 e. The number of hydrogen-bond acceptors (Lipinski definition) is 6. The zero-order valence-corrected chi connectivity index (χ0v) is 18.3. The molecule has 0 N–H and O–H groups in total. The summed E-state index contributed by atoms with van der Waals surface area (Å²) in [6.07, 6.45) is 0. The van der Waals surface area contributed by atoms with Crippen molar-refractivity contribution in [3.8, 4) is 0 Å². The highest BCUT2D eigenvalue weighted by Crippen LogP contribution is 2.27. The molecule has 0 aliphatic carbocycles. The average Bonchev–Trinajstić information content (AvgIpc) is 3.29. The van der Waals surface area contributed by atoms with Crippen LogP contribution in [-0.4, -0.2) is 61.8 Å². The van der Waals surface area contributed by atoms with Crippen molar-refractivity contribution in [2.45, 2.75) is 12.4 Å². The van der Waals surface area contributed by atoms with Crippen LogP contribution in [-0.2, 0) is 17.2 Å². The maximum atomic E-state index is 12.9. The highest BCUT2D eigenvalue weighted by atomic mass is 32.2. The number of aromatic nitrogens is 2. The van der Waals surface area contributed by atoms with Gasteiger partial charge in [0.05, 0.1) is 41.1 Å². The van der Waals surface area contributed by atoms with E-state index in [-0.39, 0.29) is 18.5 Å². The van der Waals surface area contributed by atoms with Gasteiger partial charge in [-0.1, -0.05) is 48.2 Å². The van der Waals surface area contributed by atoms with Crippen LogP contribution in [0, 0.1) is 0 Å². The van der Waals surface area contributed by atoms with E-state index in [1.807, 2.05) is 28.8 Å². The quantitative estimate of drug-likeness (QED) is 0.445. The van der Waals surface area contributed by atoms with Crippen LogP contribution in [0.2, 0.25) is 0 Å². The van der Waals surface area contributed by atoms with Gasteiger partial charge < -0.3 is 14.2 Å². The Bertz CT molecular complexity index is 1150. The number of nitrogens with zero attached hydrogens (tertiary/aromatic N) is 4. The van der Waals surface area contributed by atoms with Crippen molar-refractivity contribution in [2.24, 2.45) is 0 Å². The molecule has 31 heavy (non-hydrogen) atoms. The molecule has 3 aromatic rings. The third-order valence-electron chi connectivity index (χ3n) is 5.49. The van der Waals surface area contributed by atoms with Gasteiger partial charge >= 0.3 is 0 Å². The van der Waals surface area contributed by atoms with E-state index < -0.39 is 0 Å². The van der Waals surface area contributed by atoms with Gasteiger partial charge in [0.15, 0.2) is 0 Å². The topological polar surface area (TPSA) is 67.7 Å². The molecule has 0 saturated carbocycles. The number of imide groups is 1. The van der Waals surface area contributed by atoms with Crippen molar-refractivity contribution >= 4 is 51.1 Å². The van der Waals surface area contributed by atoms with Crippen LogP contribution in [0.1, 0.15) is 26.5 Å². The first-order valence-corrected chi connectivity index (χ1v) is 11.4. The van der Waals surface area contributed by atoms with Crippen molar-refractivity contribution < 1.29 is 14.3 Å². The zero-order valence-electron chi connectivity index (χ0n) is 16.7. The number of thioether (sulfide) groups is 1. The van der Waals surface area contributed by atoms with Crippen LogP contribution >= 0.6 is 24.0 Å². The second kappa shape index (κ2) is 8.41. The van der Waals surface area contributed by atoms with Gasteiger partial charge in [0.1, 0.15) is 16.8 Å². The van der Waals surface area contributed by atoms with Crippen molar-refractivity contribution in [1.82, 2.24) is 19.4 Å². The molecule has 9 heteroatoms. The number of rotatable bonds is 4. The van der Waals surface area contributed by atoms with Crippen LogP contribution in [0.15, 0.2) is 48.5 Å². The number of amides is 2. The summed E-state index contributed by atoms with van der Waals surface area (Å²) in [6.45, 7) is 3.06. The largest absolute Gasteiger partial charge is 0.378 e. The summed E-state index contributed by atoms with van der Waals surface area (Å²) >= 11 is 7.15. The average molecular weight is 453 g/mol. The minimum atomic E-state index is -0.277. The molecule has 7 nitrogen and oxygen atoms in total. The monoisotopic (exact) mass is 452 g/mol. The lowest BCUT2D eigenvalue weighted by molar-refractivity contribution is 0.0607. The molecule has 2 amide bonds. The molecule has 5 rings (SSSR count). The first-order valence-electron chi connectivity index (χ1n) is 10.0. The van der Waals surface area contributed by atoms with Crippen molar-refractivity contribution in [3.63, 3.8) is 0 Å². The summed E-state index contributed by atoms with van der Waals surface area (Å²) < 4.78 is 8.14. The van der Waals surface area contributed by atoms with Crippen LogP contribution in [0.25, 0.3) is 11.0 Å². The fourth-order valence-corrected chi connectivity index (χ4v) is 5.06. The summed E-state index contributed by atoms with van der Waals surface area (Å²) in [5.41, 5.74) is 2.60. The summed E-state index contributed by atoms with van der Waals surface area (Å²) in [5.74, 6) is 0.772. The lowest BCUT2D eigenvalue weighted by Gasteiger charge is -2.28. The molecule has 158 valence electrons. The Kier molecular flexibility index (Phi) is 5.47. The summed E-state index contributed by atoms with van der Waals surface area (Å²) in [5, 5.41) is 0. The second-order valence-corrected chi connectivity index (χ2v) is 8.93. The van der Waals surface area contributed by atoms with Gasteiger partial charge in [-0.3, -0.25) is 14.5 Å². The first-order chi connectivity index (χ1) is 15.1. The van der Waals surface area contributed by atoms with Crippen LogP contribution in [0.4, 0.5) is 0 Å². The van der Waals surface area contributed by atoms with E-state index in [9.17, 15) is 9.59 Å². The van der Waals surface area contributed by atoms with Crippen molar-refractivity contribution in [2.75, 3.05) is 26.3 Å². The number of imidazole rings is 1. The molecule has 0 spiro atoms. The maximum absolute atomic E-state index is 12.9. The number of benzene rings is 2. The summed E-state index contributed by atoms with van der Waals surface area (Å²) in [4.78, 5) is 33.9. The lowest BCUT2D eigenvalue weighted by Crippen LogP contribution is -2.38. The molecule has 2 aliphatic rings. The third kappa shape index (κ3) is 3.73. The Balaban J connectivity index is 1.41. The van der Waals surface area contributed by atoms with Gasteiger partial charge in [-0.15, -0.1) is 0 Å². The van der Waals surface area contributed by atoms with E-state index in [0.717, 1.165) is 34.3 Å². The van der Waals surface area contributed by atoms with E-state index in [1.165, 1.54) is 4.90 Å². The number of morpholine rings is 1. The SMILES string of the molecule is O=C1c2ccccc2C(=O)N1Cn1c(CSC(=S)N2CCOCC2)nc2ccccc21. The molecule has 1 fully saturated rings. The fraction of sp³-hybridized carbons (Fsp3) is 0.273. The van der Waals surface area contributed by atoms with Gasteiger partial charge in [-0.25, -0.2) is 4.98 Å². The Morgan fingerprint density at radius 3 is 2.35 bits per heavy atom. The Labute approximate surface area is 189 Å². The number of carbonyl (C=O) groups excluding carboxylic acids is 2. The standard InChI is InChI=1S/C22H20N4O3S2/c27-20-15-5-1-2-6-16(15)21(28)26(20)14-25-18-8-4-3-7-17(18)23-19(25)13-31-22(30)24-9-11-29-12-10-24/h1-8H,9-14H2. The van der Waals surface area contributed by atoms with Crippen LogP contribution in [0.3, 0.4) is 0 Å². The molecule has 1 saturated heterocycles. The van der Waals surface area contributed by atoms with E-state index >= 15 is 0 Å². The molecule has 0 atom stereocenters. The Hall–Kier alpha value is -2.75. The first kappa shape index (κ1) is 20.2. The van der Waals surface area contributed by atoms with Gasteiger partial charge in [0, 0.05) is 13.1 Å². The lowest BCUT2D eigenvalue weighted by atomic mass is 10.1. The highest BCUT2D eigenvalue weighted by molar-refractivity contribution is 8.22. The molecule has 0 radical (unpaired) electrons. The van der Waals surface area contributed by atoms with Crippen LogP contribution < -0.4 is 0 Å². The predicted molar refractivity (Wildman–Crippen MR) is 123 cm³/mol. The minimum absolute atomic E-state index is 0.118. The van der Waals surface area contributed by atoms with Gasteiger partial charge in [-0.05, 0) is 24.3 Å². The van der Waals surface area contributed by atoms with Gasteiger partial charge in [0.25, 0.3) is 11.8 Å². The van der Waals surface area contributed by atoms with E-state index in [2.05, 4.69) is 4.90 Å². The molecule has 0 bridgehead atoms. The normalized spacial score (nSPS) is 16.3. The minimum Gasteiger partial charge on any atom is -0.378 e. The number of para-hydroxylation sites is 2. The second-order valence-electron chi connectivity index (χ2n) is 7.32. The molecule has 1 aromatic heterocycles. The summed E-state index contributed by atoms with van der Waals surface area (Å²) in [7, 11) is 0. The van der Waals surface area contributed by atoms with E-state index in [4.69, 9.17) is 21.9 Å². The summed E-state index contributed by atoms with van der Waals surface area (Å²) in [6, 6.07) is 14.7. The molecular formula is C22H20N4O3S2. The molecular weight excluding hydrogens is 432 g/mol. The predicted octanol–water partition coefficient (Wildman–Crippen LogP) is 3.14. The van der Waals surface area contributed by atoms with Crippen molar-refractivity contribution in [3.05, 3.63) is 65.5 Å². The number of carbonyl (C=O) groups is 2. The van der Waals surface area contributed by atoms with Crippen LogP contribution in [0.5, 0.6) is 0 Å². The highest BCUT2D eigenvalue weighted by Gasteiger charge is 2.35. The van der Waals surface area contributed by atoms with E-state index in [1.54, 1.807) is 36.0 Å². The molecule has 0 unspecified atom stereocenters. The number of fused-ring (bicyclic) bond motifs is 2. The Morgan fingerprint density at radius 2 is 1.65 bits per heavy atom. The molecule has 2 aliphatic heterocycles. The molecule has 3 heterocycles. The van der Waals surface area contributed by atoms with Gasteiger partial charge in [-0.2, -0.15) is 0 Å². The fourth-order valence-electron chi connectivity index (χ4n) is 3.87. The third-order valence-corrected chi connectivity index (χ3v) is 7.01. The number of ether oxygens (including phenoxy) is 1. The molecule has 2 aromatic carbocycles. The van der Waals surface area contributed by atoms with Crippen molar-refractivity contribution in [1.29, 1.82) is 0 Å². The number of hydrogen-bond donors (Lipinski definition) is 0. The Morgan fingerprint density at radius 1 is 1.00 bits per heavy atom. The number of thiocarbonyl (C=S) groups is 1.